The average molecular weight is 1790 g/mol. The molecule has 0 heterocycles. The van der Waals surface area contributed by atoms with Crippen molar-refractivity contribution in [2.75, 3.05) is 166 Å². The van der Waals surface area contributed by atoms with Gasteiger partial charge < -0.3 is 94.5 Å². The summed E-state index contributed by atoms with van der Waals surface area (Å²) in [5, 5.41) is 72.1. The zero-order valence-corrected chi connectivity index (χ0v) is 74.3. The van der Waals surface area contributed by atoms with Crippen molar-refractivity contribution >= 4 is 81.1 Å². The van der Waals surface area contributed by atoms with Gasteiger partial charge in [-0.25, -0.2) is 36.2 Å². The maximum absolute atomic E-state index is 12.9. The Morgan fingerprint density at radius 1 is 0.442 bits per heavy atom. The van der Waals surface area contributed by atoms with Crippen molar-refractivity contribution in [1.29, 1.82) is 15.8 Å². The number of aryl methyl sites for hydroxylation is 3. The van der Waals surface area contributed by atoms with E-state index < -0.39 is 85.9 Å². The number of carbonyl (C=O) groups is 7. The molecule has 0 spiro atoms. The number of carboxylic acid groups (broad SMARTS) is 1. The fourth-order valence-electron chi connectivity index (χ4n) is 7.86. The van der Waals surface area contributed by atoms with Crippen molar-refractivity contribution in [2.24, 2.45) is 28.0 Å². The van der Waals surface area contributed by atoms with E-state index in [0.717, 1.165) is 30.7 Å². The maximum Gasteiger partial charge on any atom is 0.307 e. The van der Waals surface area contributed by atoms with Crippen LogP contribution in [0.1, 0.15) is 110 Å². The van der Waals surface area contributed by atoms with Crippen LogP contribution in [-0.2, 0) is 119 Å². The zero-order valence-electron chi connectivity index (χ0n) is 71.1. The van der Waals surface area contributed by atoms with Crippen LogP contribution in [0.3, 0.4) is 0 Å². The van der Waals surface area contributed by atoms with Crippen molar-refractivity contribution in [3.63, 3.8) is 0 Å². The Morgan fingerprint density at radius 2 is 0.658 bits per heavy atom. The summed E-state index contributed by atoms with van der Waals surface area (Å²) < 4.78 is 134. The second-order valence-corrected chi connectivity index (χ2v) is 33.8. The topological polar surface area (TPSA) is 628 Å². The van der Waals surface area contributed by atoms with Crippen LogP contribution in [0.2, 0.25) is 0 Å². The van der Waals surface area contributed by atoms with Gasteiger partial charge in [-0.15, -0.1) is 0 Å². The molecule has 0 radical (unpaired) electrons. The van der Waals surface area contributed by atoms with Crippen molar-refractivity contribution in [2.45, 2.75) is 145 Å². The molecule has 2 amide bonds. The number of sulfone groups is 2. The van der Waals surface area contributed by atoms with E-state index >= 15 is 0 Å². The van der Waals surface area contributed by atoms with E-state index in [0.29, 0.717) is 39.3 Å². The highest BCUT2D eigenvalue weighted by molar-refractivity contribution is 8.13. The smallest absolute Gasteiger partial charge is 0.307 e. The Bertz CT molecular complexity index is 3570. The Hall–Kier alpha value is -8.34. The van der Waals surface area contributed by atoms with Gasteiger partial charge in [-0.05, 0) is 77.9 Å². The van der Waals surface area contributed by atoms with E-state index in [1.54, 1.807) is 82.3 Å². The number of hydrogen-bond acceptors (Lipinski definition) is 36. The Morgan fingerprint density at radius 3 is 0.850 bits per heavy atom. The fourth-order valence-corrected chi connectivity index (χ4v) is 12.2. The SMILES string of the molecule is C=CC#N.CC(=O)O.CC(N)(CO)CO.CC(N)(COCCC#N)COCCC#N.CO.COC(=O)CCOCC(C)(COCCC(=O)OC)CS(=O)(=O)c1ccc(C)cc1.COC(=O)CCOCC(C)(N)COCCC(=O)OC.Cc1ccc(S(=O)(=O)CC(C)(COCCC(=O)NO)COCCC(=O)NO)cc1.Cc1ccc(S(=O)(=O)Cl)cc1. The summed E-state index contributed by atoms with van der Waals surface area (Å²) in [5.41, 5.74) is 19.0. The lowest BCUT2D eigenvalue weighted by Crippen LogP contribution is -2.46. The average Bonchev–Trinajstić information content (AvgIpc) is 0.820. The fraction of sp³-hybridized carbons (Fsp3) is 0.610. The highest BCUT2D eigenvalue weighted by atomic mass is 35.7. The minimum Gasteiger partial charge on any atom is -0.481 e. The van der Waals surface area contributed by atoms with Crippen LogP contribution in [0.25, 0.3) is 0 Å². The van der Waals surface area contributed by atoms with E-state index in [2.05, 4.69) is 25.5 Å². The number of nitrogens with one attached hydrogen (secondary N) is 2. The van der Waals surface area contributed by atoms with E-state index in [1.807, 2.05) is 39.8 Å². The number of aliphatic hydroxyl groups is 3. The molecule has 0 aliphatic carbocycles. The largest absolute Gasteiger partial charge is 0.481 e. The molecule has 0 aliphatic rings. The molecule has 0 bridgehead atoms. The molecule has 0 aromatic heterocycles. The lowest BCUT2D eigenvalue weighted by Gasteiger charge is -2.29. The number of nitrogens with two attached hydrogens (primary N) is 3. The number of carboxylic acids is 1. The number of ether oxygens (including phenoxy) is 12. The first kappa shape index (κ1) is 122. The van der Waals surface area contributed by atoms with Gasteiger partial charge in [-0.1, -0.05) is 73.5 Å². The number of nitrogens with zero attached hydrogens (tertiary/aromatic N) is 3. The van der Waals surface area contributed by atoms with Crippen molar-refractivity contribution in [3.8, 4) is 18.2 Å². The number of aliphatic carboxylic acids is 1. The minimum absolute atomic E-state index is 0.0144. The van der Waals surface area contributed by atoms with Crippen LogP contribution in [0, 0.1) is 65.6 Å². The number of hydroxylamine groups is 2. The Balaban J connectivity index is -0.000000331. The number of carbonyl (C=O) groups excluding carboxylic acids is 6. The van der Waals surface area contributed by atoms with Gasteiger partial charge in [0, 0.05) is 41.6 Å². The molecule has 0 saturated heterocycles. The summed E-state index contributed by atoms with van der Waals surface area (Å²) in [5.74, 6) is -4.03. The summed E-state index contributed by atoms with van der Waals surface area (Å²) in [7, 11) is 0.515. The zero-order chi connectivity index (χ0) is 93.5. The molecule has 686 valence electrons. The molecule has 120 heavy (non-hydrogen) atoms. The summed E-state index contributed by atoms with van der Waals surface area (Å²) in [6, 6.07) is 25.1. The molecule has 14 N–H and O–H groups in total. The second-order valence-electron chi connectivity index (χ2n) is 27.3. The van der Waals surface area contributed by atoms with Gasteiger partial charge in [0.2, 0.25) is 11.8 Å². The number of methoxy groups -OCH3 is 4. The van der Waals surface area contributed by atoms with E-state index in [1.165, 1.54) is 69.7 Å². The number of hydrogen-bond donors (Lipinski definition) is 11. The third-order valence-electron chi connectivity index (χ3n) is 14.1. The molecule has 0 unspecified atom stereocenters. The molecular formula is C77H127ClN8O31S3. The lowest BCUT2D eigenvalue weighted by atomic mass is 9.96. The van der Waals surface area contributed by atoms with Gasteiger partial charge in [0.25, 0.3) is 15.0 Å². The van der Waals surface area contributed by atoms with Gasteiger partial charge in [-0.2, -0.15) is 15.8 Å². The number of esters is 4. The van der Waals surface area contributed by atoms with E-state index in [4.69, 9.17) is 117 Å². The predicted octanol–water partition coefficient (Wildman–Crippen LogP) is 3.97. The molecule has 0 aliphatic heterocycles. The summed E-state index contributed by atoms with van der Waals surface area (Å²) in [4.78, 5) is 75.8. The number of allylic oxidation sites excluding steroid dienone is 1. The highest BCUT2D eigenvalue weighted by Crippen LogP contribution is 2.27. The minimum atomic E-state index is -3.65. The molecule has 3 aromatic carbocycles. The Kier molecular flexibility index (Phi) is 72.7. The lowest BCUT2D eigenvalue weighted by molar-refractivity contribution is -0.143. The van der Waals surface area contributed by atoms with Crippen LogP contribution in [0.15, 0.2) is 100 Å². The molecule has 3 aromatic rings. The highest BCUT2D eigenvalue weighted by Gasteiger charge is 2.35. The van der Waals surface area contributed by atoms with Crippen molar-refractivity contribution in [3.05, 3.63) is 102 Å². The van der Waals surface area contributed by atoms with Gasteiger partial charge in [0.05, 0.1) is 260 Å². The first-order valence-electron chi connectivity index (χ1n) is 36.4. The number of benzene rings is 3. The van der Waals surface area contributed by atoms with Crippen molar-refractivity contribution in [1.82, 2.24) is 11.0 Å². The summed E-state index contributed by atoms with van der Waals surface area (Å²) in [6.07, 6.45) is 2.26. The van der Waals surface area contributed by atoms with Gasteiger partial charge in [-0.3, -0.25) is 44.0 Å². The van der Waals surface area contributed by atoms with Crippen LogP contribution < -0.4 is 28.2 Å². The number of amides is 2. The van der Waals surface area contributed by atoms with E-state index in [-0.39, 0.29) is 169 Å². The number of halogens is 1. The molecule has 0 atom stereocenters. The number of nitriles is 3. The normalized spacial score (nSPS) is 11.0. The molecule has 0 fully saturated rings. The molecular weight excluding hydrogens is 1660 g/mol. The summed E-state index contributed by atoms with van der Waals surface area (Å²) >= 11 is 0. The van der Waals surface area contributed by atoms with Gasteiger partial charge in [0.1, 0.15) is 0 Å². The third kappa shape index (κ3) is 73.6. The van der Waals surface area contributed by atoms with Crippen LogP contribution in [-0.4, -0.2) is 280 Å². The van der Waals surface area contributed by atoms with Crippen molar-refractivity contribution < 1.29 is 146 Å². The Labute approximate surface area is 710 Å². The van der Waals surface area contributed by atoms with Gasteiger partial charge >= 0.3 is 23.9 Å². The molecule has 43 heteroatoms. The first-order chi connectivity index (χ1) is 56.0. The molecule has 3 rings (SSSR count). The maximum atomic E-state index is 12.9. The van der Waals surface area contributed by atoms with Crippen LogP contribution >= 0.6 is 10.7 Å². The first-order valence-corrected chi connectivity index (χ1v) is 42.0. The number of rotatable bonds is 47. The summed E-state index contributed by atoms with van der Waals surface area (Å²) in [6.45, 7) is 20.8. The molecule has 39 nitrogen and oxygen atoms in total. The van der Waals surface area contributed by atoms with Gasteiger partial charge in [0.15, 0.2) is 19.7 Å². The predicted molar refractivity (Wildman–Crippen MR) is 439 cm³/mol. The second kappa shape index (κ2) is 71.3. The van der Waals surface area contributed by atoms with Crippen LogP contribution in [0.4, 0.5) is 0 Å². The van der Waals surface area contributed by atoms with E-state index in [9.17, 15) is 54.0 Å². The quantitative estimate of drug-likeness (QED) is 0.00725. The number of aliphatic hydroxyl groups excluding tert-OH is 3. The monoisotopic (exact) mass is 1790 g/mol. The third-order valence-corrected chi connectivity index (χ3v) is 19.6. The molecule has 0 saturated carbocycles. The van der Waals surface area contributed by atoms with Crippen LogP contribution in [0.5, 0.6) is 0 Å². The standard InChI is InChI=1S/C20H30O8S.C18H28N2O8S.C12H23NO6.C10H17N3O2.C7H7ClO2S.C4H11NO2.C3H3N.C2H4O2.CH4O/c1-16-5-7-17(8-6-16)29(23,24)15-20(2,13-27-11-9-18(21)25-3)14-28-12-10-19(22)26-4;1-14-3-5-15(6-4-14)29(25,26)13-18(2,11-27-9-7-16(21)19-23)12-28-10-8-17(22)20-24;1-12(13,8-18-6-4-10(14)16-2)9-19-7-5-11(15)17-3;1-10(13,8-14-6-2-4-11)9-15-7-3-5-12;1-6-2-4-7(5-3-6)11(8,9)10;1-4(5,2-6)3-7;1-2-3-4;1-2(3)4;1-2/h5-8H,9-15H2,1-4H3;3-6,23-24H,7-13H2,1-2H3,(H,19,21)(H,20,22);4-9,13H2,1-3H3;2-3,6-9,13H2,1H3;2-5H,1H3;6-7H,2-3,5H2,1H3;2H,1H2;1H3,(H,3,4);2H,1H3.